The standard InChI is InChI=1S/C22H24S16/c1-23-11-12(24-2)32-19(31-11)22-37-17-18(38-22)30-10-6-8-28-16-14(26-4)34-21(36-16)20-33-13(25-3)15(35-20)27-7-5-9-29-17/h5-10H2,1-4H3/b21-20-. The van der Waals surface area contributed by atoms with E-state index >= 15 is 0 Å². The maximum Gasteiger partial charge on any atom is 0.0717 e. The van der Waals surface area contributed by atoms with Crippen LogP contribution in [0, 0.1) is 0 Å². The SMILES string of the molecule is CSC1=C(SC)SC(=C2SC3=C(SCCCSC4=C(SC)S/C(=C5\SC(SC)=C(SCCCS3)S5)S4)S2)S1. The number of hydrogen-bond donors (Lipinski definition) is 0. The summed E-state index contributed by atoms with van der Waals surface area (Å²) in [4.78, 5) is 0. The molecule has 0 unspecified atom stereocenters. The zero-order chi connectivity index (χ0) is 26.5. The summed E-state index contributed by atoms with van der Waals surface area (Å²) in [7, 11) is 0. The summed E-state index contributed by atoms with van der Waals surface area (Å²) in [5.74, 6) is 4.80. The highest BCUT2D eigenvalue weighted by Crippen LogP contribution is 2.67. The molecule has 0 spiro atoms. The van der Waals surface area contributed by atoms with Crippen LogP contribution in [0.3, 0.4) is 0 Å². The summed E-state index contributed by atoms with van der Waals surface area (Å²) in [6.45, 7) is 0. The van der Waals surface area contributed by atoms with Gasteiger partial charge in [0, 0.05) is 0 Å². The van der Waals surface area contributed by atoms with Gasteiger partial charge in [-0.05, 0) is 60.9 Å². The number of hydrogen-bond acceptors (Lipinski definition) is 16. The van der Waals surface area contributed by atoms with Gasteiger partial charge in [-0.25, -0.2) is 0 Å². The lowest BCUT2D eigenvalue weighted by molar-refractivity contribution is 1.13. The van der Waals surface area contributed by atoms with E-state index in [-0.39, 0.29) is 0 Å². The molecule has 0 saturated carbocycles. The normalized spacial score (nSPS) is 26.2. The third kappa shape index (κ3) is 8.64. The van der Waals surface area contributed by atoms with E-state index in [1.807, 2.05) is 141 Å². The van der Waals surface area contributed by atoms with Gasteiger partial charge in [-0.15, -0.1) is 94.1 Å². The van der Waals surface area contributed by atoms with E-state index in [9.17, 15) is 0 Å². The molecule has 5 aliphatic heterocycles. The molecule has 208 valence electrons. The van der Waals surface area contributed by atoms with Crippen molar-refractivity contribution < 1.29 is 0 Å². The van der Waals surface area contributed by atoms with E-state index < -0.39 is 0 Å². The fourth-order valence-electron chi connectivity index (χ4n) is 3.05. The van der Waals surface area contributed by atoms with E-state index in [2.05, 4.69) is 72.1 Å². The van der Waals surface area contributed by atoms with Crippen LogP contribution in [0.15, 0.2) is 50.8 Å². The largest absolute Gasteiger partial charge is 0.121 e. The van der Waals surface area contributed by atoms with Crippen molar-refractivity contribution in [3.05, 3.63) is 50.8 Å². The smallest absolute Gasteiger partial charge is 0.0717 e. The van der Waals surface area contributed by atoms with E-state index in [4.69, 9.17) is 0 Å². The summed E-state index contributed by atoms with van der Waals surface area (Å²) >= 11 is 32.1. The molecule has 16 heteroatoms. The highest BCUT2D eigenvalue weighted by Gasteiger charge is 2.32. The second-order valence-electron chi connectivity index (χ2n) is 7.18. The molecule has 4 bridgehead atoms. The first kappa shape index (κ1) is 33.4. The Labute approximate surface area is 295 Å². The Morgan fingerprint density at radius 3 is 1.03 bits per heavy atom. The Morgan fingerprint density at radius 1 is 0.342 bits per heavy atom. The average molecular weight is 802 g/mol. The van der Waals surface area contributed by atoms with Gasteiger partial charge in [0.25, 0.3) is 0 Å². The Bertz CT molecular complexity index is 1040. The molecule has 0 aromatic heterocycles. The number of thioether (sulfide) groups is 16. The average Bonchev–Trinajstić information content (AvgIpc) is 3.71. The Morgan fingerprint density at radius 2 is 0.632 bits per heavy atom. The van der Waals surface area contributed by atoms with E-state index in [0.29, 0.717) is 0 Å². The molecule has 0 aromatic rings. The van der Waals surface area contributed by atoms with Crippen molar-refractivity contribution in [1.29, 1.82) is 0 Å². The van der Waals surface area contributed by atoms with E-state index in [1.54, 1.807) is 8.47 Å². The van der Waals surface area contributed by atoms with Gasteiger partial charge in [0.1, 0.15) is 0 Å². The molecular weight excluding hydrogens is 777 g/mol. The van der Waals surface area contributed by atoms with E-state index in [1.165, 1.54) is 78.2 Å². The van der Waals surface area contributed by atoms with Crippen LogP contribution < -0.4 is 0 Å². The monoisotopic (exact) mass is 800 g/mol. The minimum atomic E-state index is 1.20. The number of rotatable bonds is 4. The Hall–Kier alpha value is 4.04. The summed E-state index contributed by atoms with van der Waals surface area (Å²) in [5, 5.41) is 0. The Balaban J connectivity index is 1.28. The second kappa shape index (κ2) is 17.1. The quantitative estimate of drug-likeness (QED) is 0.265. The first-order chi connectivity index (χ1) is 18.6. The number of fused-ring (bicyclic) bond motifs is 4. The molecule has 5 rings (SSSR count). The van der Waals surface area contributed by atoms with Gasteiger partial charge >= 0.3 is 0 Å². The predicted molar refractivity (Wildman–Crippen MR) is 216 cm³/mol. The van der Waals surface area contributed by atoms with Crippen LogP contribution in [0.1, 0.15) is 12.8 Å². The van der Waals surface area contributed by atoms with Crippen molar-refractivity contribution in [3.63, 3.8) is 0 Å². The van der Waals surface area contributed by atoms with Crippen molar-refractivity contribution in [2.75, 3.05) is 48.0 Å². The molecule has 0 fully saturated rings. The fourth-order valence-corrected chi connectivity index (χ4v) is 25.8. The van der Waals surface area contributed by atoms with Crippen LogP contribution >= 0.6 is 188 Å². The molecule has 5 aliphatic rings. The minimum absolute atomic E-state index is 1.20. The molecule has 0 atom stereocenters. The van der Waals surface area contributed by atoms with Gasteiger partial charge in [0.05, 0.1) is 50.8 Å². The van der Waals surface area contributed by atoms with Crippen LogP contribution in [-0.4, -0.2) is 48.0 Å². The second-order valence-corrected chi connectivity index (χ2v) is 26.1. The van der Waals surface area contributed by atoms with Gasteiger partial charge in [-0.1, -0.05) is 94.1 Å². The maximum atomic E-state index is 2.23. The highest BCUT2D eigenvalue weighted by molar-refractivity contribution is 8.46. The van der Waals surface area contributed by atoms with Crippen molar-refractivity contribution >= 4 is 188 Å². The minimum Gasteiger partial charge on any atom is -0.121 e. The first-order valence-electron chi connectivity index (χ1n) is 11.2. The van der Waals surface area contributed by atoms with Crippen LogP contribution in [-0.2, 0) is 0 Å². The van der Waals surface area contributed by atoms with E-state index in [0.717, 1.165) is 0 Å². The topological polar surface area (TPSA) is 0 Å². The summed E-state index contributed by atoms with van der Waals surface area (Å²) < 4.78 is 18.1. The molecule has 0 saturated heterocycles. The van der Waals surface area contributed by atoms with Gasteiger partial charge in [-0.2, -0.15) is 0 Å². The molecule has 38 heavy (non-hydrogen) atoms. The lowest BCUT2D eigenvalue weighted by Gasteiger charge is -2.07. The molecular formula is C22H24S16. The van der Waals surface area contributed by atoms with Gasteiger partial charge < -0.3 is 0 Å². The molecule has 0 nitrogen and oxygen atoms in total. The molecule has 0 N–H and O–H groups in total. The summed E-state index contributed by atoms with van der Waals surface area (Å²) in [5.41, 5.74) is 0. The maximum absolute atomic E-state index is 2.23. The lowest BCUT2D eigenvalue weighted by atomic mass is 10.6. The summed E-state index contributed by atoms with van der Waals surface area (Å²) in [6, 6.07) is 0. The van der Waals surface area contributed by atoms with Crippen molar-refractivity contribution in [3.8, 4) is 0 Å². The lowest BCUT2D eigenvalue weighted by Crippen LogP contribution is -1.86. The van der Waals surface area contributed by atoms with Crippen LogP contribution in [0.25, 0.3) is 0 Å². The van der Waals surface area contributed by atoms with Gasteiger partial charge in [0.2, 0.25) is 0 Å². The Kier molecular flexibility index (Phi) is 15.0. The van der Waals surface area contributed by atoms with Crippen LogP contribution in [0.5, 0.6) is 0 Å². The van der Waals surface area contributed by atoms with Gasteiger partial charge in [0.15, 0.2) is 0 Å². The highest BCUT2D eigenvalue weighted by atomic mass is 32.3. The molecule has 0 radical (unpaired) electrons. The van der Waals surface area contributed by atoms with Crippen molar-refractivity contribution in [1.82, 2.24) is 0 Å². The first-order valence-corrected chi connectivity index (χ1v) is 26.6. The third-order valence-electron chi connectivity index (χ3n) is 4.73. The zero-order valence-electron chi connectivity index (χ0n) is 20.8. The molecule has 0 aromatic carbocycles. The predicted octanol–water partition coefficient (Wildman–Crippen LogP) is 13.8. The van der Waals surface area contributed by atoms with Crippen LogP contribution in [0.2, 0.25) is 0 Å². The van der Waals surface area contributed by atoms with Crippen molar-refractivity contribution in [2.24, 2.45) is 0 Å². The molecule has 0 amide bonds. The molecule has 0 aliphatic carbocycles. The summed E-state index contributed by atoms with van der Waals surface area (Å²) in [6.07, 6.45) is 11.4. The van der Waals surface area contributed by atoms with Gasteiger partial charge in [-0.3, -0.25) is 0 Å². The van der Waals surface area contributed by atoms with Crippen molar-refractivity contribution in [2.45, 2.75) is 12.8 Å². The van der Waals surface area contributed by atoms with Crippen LogP contribution in [0.4, 0.5) is 0 Å². The fraction of sp³-hybridized carbons (Fsp3) is 0.455. The third-order valence-corrected chi connectivity index (χ3v) is 27.6. The molecule has 5 heterocycles. The zero-order valence-corrected chi connectivity index (χ0v) is 33.8.